The highest BCUT2D eigenvalue weighted by atomic mass is 35.5. The number of carbonyl (C=O) groups is 1. The van der Waals surface area contributed by atoms with E-state index in [1.807, 2.05) is 0 Å². The van der Waals surface area contributed by atoms with Gasteiger partial charge in [0.1, 0.15) is 17.8 Å². The van der Waals surface area contributed by atoms with Crippen molar-refractivity contribution in [2.45, 2.75) is 0 Å². The molecule has 0 atom stereocenters. The molecule has 11 nitrogen and oxygen atoms in total. The molecule has 172 valence electrons. The van der Waals surface area contributed by atoms with Gasteiger partial charge in [0.2, 0.25) is 11.6 Å². The zero-order chi connectivity index (χ0) is 24.0. The first kappa shape index (κ1) is 24.1. The zero-order valence-electron chi connectivity index (χ0n) is 16.8. The fraction of sp³-hybridized carbons (Fsp3) is 0.105. The number of carbonyl (C=O) groups excluding carboxylic acids is 1. The van der Waals surface area contributed by atoms with E-state index in [1.54, 1.807) is 18.2 Å². The molecule has 0 bridgehead atoms. The summed E-state index contributed by atoms with van der Waals surface area (Å²) < 4.78 is 10.5. The van der Waals surface area contributed by atoms with Crippen LogP contribution in [0.15, 0.2) is 42.7 Å². The van der Waals surface area contributed by atoms with Crippen LogP contribution >= 0.6 is 34.8 Å². The highest BCUT2D eigenvalue weighted by Gasteiger charge is 2.24. The molecule has 0 aliphatic carbocycles. The predicted octanol–water partition coefficient (Wildman–Crippen LogP) is 4.62. The Hall–Kier alpha value is -3.54. The fourth-order valence-corrected chi connectivity index (χ4v) is 3.18. The highest BCUT2D eigenvalue weighted by molar-refractivity contribution is 6.35. The minimum Gasteiger partial charge on any atom is -0.495 e. The largest absolute Gasteiger partial charge is 0.495 e. The topological polar surface area (TPSA) is 141 Å². The lowest BCUT2D eigenvalue weighted by molar-refractivity contribution is -0.383. The van der Waals surface area contributed by atoms with E-state index in [9.17, 15) is 14.9 Å². The number of nitro groups is 1. The standard InChI is InChI=1S/C19H15Cl3N6O5/c1-32-15-5-3-11(21)7-13(15)25-18-17(28(30)31)19(24-9-23-18)27-26-16(29)8-33-14-4-2-10(20)6-12(14)22/h2-7,9H,8H2,1H3,(H,26,29)(H2,23,24,25,27). The molecule has 1 heterocycles. The Morgan fingerprint density at radius 3 is 2.39 bits per heavy atom. The molecule has 0 unspecified atom stereocenters. The van der Waals surface area contributed by atoms with Crippen LogP contribution in [0, 0.1) is 10.1 Å². The van der Waals surface area contributed by atoms with Gasteiger partial charge in [0.15, 0.2) is 6.61 Å². The summed E-state index contributed by atoms with van der Waals surface area (Å²) >= 11 is 17.8. The van der Waals surface area contributed by atoms with Crippen LogP contribution in [0.3, 0.4) is 0 Å². The molecule has 0 radical (unpaired) electrons. The number of amides is 1. The molecule has 0 saturated heterocycles. The number of hydrazine groups is 1. The van der Waals surface area contributed by atoms with E-state index in [-0.39, 0.29) is 22.4 Å². The average Bonchev–Trinajstić information content (AvgIpc) is 2.77. The number of methoxy groups -OCH3 is 1. The van der Waals surface area contributed by atoms with E-state index in [2.05, 4.69) is 26.1 Å². The van der Waals surface area contributed by atoms with Crippen LogP contribution in [-0.2, 0) is 4.79 Å². The van der Waals surface area contributed by atoms with Crippen molar-refractivity contribution in [3.8, 4) is 11.5 Å². The first-order chi connectivity index (χ1) is 15.8. The Bertz CT molecular complexity index is 1200. The van der Waals surface area contributed by atoms with E-state index in [0.29, 0.717) is 21.5 Å². The van der Waals surface area contributed by atoms with Gasteiger partial charge in [-0.15, -0.1) is 0 Å². The molecular formula is C19H15Cl3N6O5. The number of nitrogens with one attached hydrogen (secondary N) is 3. The lowest BCUT2D eigenvalue weighted by Crippen LogP contribution is -2.34. The normalized spacial score (nSPS) is 10.3. The quantitative estimate of drug-likeness (QED) is 0.276. The first-order valence-electron chi connectivity index (χ1n) is 9.01. The molecule has 0 spiro atoms. The lowest BCUT2D eigenvalue weighted by atomic mass is 10.3. The molecule has 2 aromatic carbocycles. The van der Waals surface area contributed by atoms with Crippen LogP contribution in [0.2, 0.25) is 15.1 Å². The molecule has 0 aliphatic heterocycles. The SMILES string of the molecule is COc1ccc(Cl)cc1Nc1ncnc(NNC(=O)COc2ccc(Cl)cc2Cl)c1[N+](=O)[O-]. The van der Waals surface area contributed by atoms with E-state index >= 15 is 0 Å². The predicted molar refractivity (Wildman–Crippen MR) is 124 cm³/mol. The minimum atomic E-state index is -0.710. The van der Waals surface area contributed by atoms with Crippen LogP contribution in [0.25, 0.3) is 0 Å². The third-order valence-electron chi connectivity index (χ3n) is 3.99. The molecule has 0 aliphatic rings. The van der Waals surface area contributed by atoms with Gasteiger partial charge < -0.3 is 14.8 Å². The number of ether oxygens (including phenoxy) is 2. The first-order valence-corrected chi connectivity index (χ1v) is 10.1. The number of rotatable bonds is 9. The molecular weight excluding hydrogens is 499 g/mol. The molecule has 3 N–H and O–H groups in total. The summed E-state index contributed by atoms with van der Waals surface area (Å²) in [6, 6.07) is 9.21. The van der Waals surface area contributed by atoms with Gasteiger partial charge in [-0.1, -0.05) is 34.8 Å². The summed E-state index contributed by atoms with van der Waals surface area (Å²) in [6.07, 6.45) is 1.07. The number of nitrogens with zero attached hydrogens (tertiary/aromatic N) is 3. The molecule has 3 rings (SSSR count). The smallest absolute Gasteiger partial charge is 0.355 e. The molecule has 1 aromatic heterocycles. The van der Waals surface area contributed by atoms with Crippen molar-refractivity contribution in [1.29, 1.82) is 0 Å². The molecule has 0 fully saturated rings. The van der Waals surface area contributed by atoms with Crippen molar-refractivity contribution >= 4 is 63.7 Å². The van der Waals surface area contributed by atoms with Gasteiger partial charge >= 0.3 is 5.69 Å². The third-order valence-corrected chi connectivity index (χ3v) is 4.76. The second kappa shape index (κ2) is 10.9. The number of hydrogen-bond acceptors (Lipinski definition) is 9. The Kier molecular flexibility index (Phi) is 7.93. The van der Waals surface area contributed by atoms with Crippen LogP contribution in [0.4, 0.5) is 23.0 Å². The number of benzene rings is 2. The van der Waals surface area contributed by atoms with E-state index in [4.69, 9.17) is 44.3 Å². The van der Waals surface area contributed by atoms with Crippen molar-refractivity contribution in [2.24, 2.45) is 0 Å². The second-order valence-corrected chi connectivity index (χ2v) is 7.46. The highest BCUT2D eigenvalue weighted by Crippen LogP contribution is 2.35. The van der Waals surface area contributed by atoms with E-state index in [0.717, 1.165) is 6.33 Å². The van der Waals surface area contributed by atoms with Gasteiger partial charge in [-0.3, -0.25) is 25.8 Å². The average molecular weight is 514 g/mol. The lowest BCUT2D eigenvalue weighted by Gasteiger charge is -2.13. The monoisotopic (exact) mass is 512 g/mol. The Morgan fingerprint density at radius 2 is 1.73 bits per heavy atom. The van der Waals surface area contributed by atoms with Gasteiger partial charge in [0.05, 0.1) is 22.7 Å². The third kappa shape index (κ3) is 6.25. The number of anilines is 3. The van der Waals surface area contributed by atoms with Gasteiger partial charge in [0.25, 0.3) is 5.91 Å². The Balaban J connectivity index is 1.72. The van der Waals surface area contributed by atoms with Gasteiger partial charge in [-0.05, 0) is 36.4 Å². The maximum absolute atomic E-state index is 12.1. The van der Waals surface area contributed by atoms with E-state index in [1.165, 1.54) is 25.3 Å². The van der Waals surface area contributed by atoms with Crippen LogP contribution < -0.4 is 25.6 Å². The minimum absolute atomic E-state index is 0.156. The summed E-state index contributed by atoms with van der Waals surface area (Å²) in [5, 5.41) is 15.5. The van der Waals surface area contributed by atoms with Crippen LogP contribution in [0.1, 0.15) is 0 Å². The Morgan fingerprint density at radius 1 is 1.06 bits per heavy atom. The summed E-state index contributed by atoms with van der Waals surface area (Å²) in [5.74, 6) is -0.452. The van der Waals surface area contributed by atoms with Crippen molar-refractivity contribution in [2.75, 3.05) is 24.5 Å². The summed E-state index contributed by atoms with van der Waals surface area (Å²) in [4.78, 5) is 30.8. The number of halogens is 3. The van der Waals surface area contributed by atoms with Gasteiger partial charge in [-0.2, -0.15) is 0 Å². The molecule has 3 aromatic rings. The molecule has 0 saturated carbocycles. The Labute approximate surface area is 202 Å². The van der Waals surface area contributed by atoms with Crippen LogP contribution in [0.5, 0.6) is 11.5 Å². The summed E-state index contributed by atoms with van der Waals surface area (Å²) in [5.41, 5.74) is 4.48. The van der Waals surface area contributed by atoms with Crippen molar-refractivity contribution in [3.05, 3.63) is 67.9 Å². The van der Waals surface area contributed by atoms with Gasteiger partial charge in [0, 0.05) is 10.0 Å². The van der Waals surface area contributed by atoms with Crippen molar-refractivity contribution in [1.82, 2.24) is 15.4 Å². The maximum atomic E-state index is 12.1. The van der Waals surface area contributed by atoms with Gasteiger partial charge in [-0.25, -0.2) is 9.97 Å². The molecule has 14 heteroatoms. The second-order valence-electron chi connectivity index (χ2n) is 6.18. The van der Waals surface area contributed by atoms with Crippen molar-refractivity contribution in [3.63, 3.8) is 0 Å². The van der Waals surface area contributed by atoms with Crippen LogP contribution in [-0.4, -0.2) is 34.5 Å². The molecule has 1 amide bonds. The number of hydrogen-bond donors (Lipinski definition) is 3. The number of aromatic nitrogens is 2. The zero-order valence-corrected chi connectivity index (χ0v) is 19.0. The molecule has 33 heavy (non-hydrogen) atoms. The maximum Gasteiger partial charge on any atom is 0.355 e. The summed E-state index contributed by atoms with van der Waals surface area (Å²) in [7, 11) is 1.44. The fourth-order valence-electron chi connectivity index (χ4n) is 2.54. The van der Waals surface area contributed by atoms with Crippen molar-refractivity contribution < 1.29 is 19.2 Å². The summed E-state index contributed by atoms with van der Waals surface area (Å²) in [6.45, 7) is -0.432. The van der Waals surface area contributed by atoms with E-state index < -0.39 is 23.1 Å².